The highest BCUT2D eigenvalue weighted by Gasteiger charge is 2.27. The molecule has 1 atom stereocenters. The first-order valence-electron chi connectivity index (χ1n) is 3.46. The number of methoxy groups -OCH3 is 1. The van der Waals surface area contributed by atoms with Crippen LogP contribution in [0, 0.1) is 5.41 Å². The number of nitrogens with one attached hydrogen (secondary N) is 1. The zero-order valence-electron chi connectivity index (χ0n) is 6.24. The Hall–Kier alpha value is -0.0800. The Labute approximate surface area is 56.6 Å². The van der Waals surface area contributed by atoms with Gasteiger partial charge in [-0.2, -0.15) is 0 Å². The van der Waals surface area contributed by atoms with Crippen LogP contribution >= 0.6 is 0 Å². The summed E-state index contributed by atoms with van der Waals surface area (Å²) in [7, 11) is 1.77. The molecule has 0 aromatic rings. The van der Waals surface area contributed by atoms with Crippen LogP contribution in [0.1, 0.15) is 13.3 Å². The summed E-state index contributed by atoms with van der Waals surface area (Å²) in [4.78, 5) is 0. The van der Waals surface area contributed by atoms with E-state index in [2.05, 4.69) is 12.2 Å². The molecule has 0 aromatic heterocycles. The van der Waals surface area contributed by atoms with E-state index < -0.39 is 0 Å². The summed E-state index contributed by atoms with van der Waals surface area (Å²) >= 11 is 0. The van der Waals surface area contributed by atoms with Gasteiger partial charge in [0.2, 0.25) is 0 Å². The van der Waals surface area contributed by atoms with Gasteiger partial charge in [-0.1, -0.05) is 6.92 Å². The molecule has 1 rings (SSSR count). The second-order valence-corrected chi connectivity index (χ2v) is 3.17. The van der Waals surface area contributed by atoms with Crippen molar-refractivity contribution < 1.29 is 4.74 Å². The van der Waals surface area contributed by atoms with Gasteiger partial charge in [0.05, 0.1) is 6.61 Å². The van der Waals surface area contributed by atoms with E-state index in [1.54, 1.807) is 7.11 Å². The van der Waals surface area contributed by atoms with Gasteiger partial charge in [-0.05, 0) is 13.0 Å². The molecule has 0 aromatic carbocycles. The maximum Gasteiger partial charge on any atom is 0.0528 e. The lowest BCUT2D eigenvalue weighted by Gasteiger charge is -2.20. The molecule has 0 spiro atoms. The van der Waals surface area contributed by atoms with Crippen LogP contribution in [0.15, 0.2) is 0 Å². The molecule has 9 heavy (non-hydrogen) atoms. The highest BCUT2D eigenvalue weighted by Crippen LogP contribution is 2.23. The summed E-state index contributed by atoms with van der Waals surface area (Å²) in [5.41, 5.74) is 0.411. The fraction of sp³-hybridized carbons (Fsp3) is 1.00. The lowest BCUT2D eigenvalue weighted by molar-refractivity contribution is 0.105. The van der Waals surface area contributed by atoms with E-state index in [9.17, 15) is 0 Å². The minimum Gasteiger partial charge on any atom is -0.384 e. The van der Waals surface area contributed by atoms with E-state index in [1.807, 2.05) is 0 Å². The summed E-state index contributed by atoms with van der Waals surface area (Å²) in [6.45, 7) is 5.41. The van der Waals surface area contributed by atoms with Gasteiger partial charge in [0.25, 0.3) is 0 Å². The molecule has 1 aliphatic heterocycles. The van der Waals surface area contributed by atoms with Crippen LogP contribution in [0.2, 0.25) is 0 Å². The van der Waals surface area contributed by atoms with Crippen LogP contribution in [0.25, 0.3) is 0 Å². The van der Waals surface area contributed by atoms with E-state index in [4.69, 9.17) is 4.74 Å². The number of rotatable bonds is 2. The summed E-state index contributed by atoms with van der Waals surface area (Å²) in [6.07, 6.45) is 1.25. The molecule has 0 aliphatic carbocycles. The van der Waals surface area contributed by atoms with Crippen LogP contribution in [0.3, 0.4) is 0 Å². The highest BCUT2D eigenvalue weighted by atomic mass is 16.5. The maximum atomic E-state index is 5.09. The van der Waals surface area contributed by atoms with Crippen molar-refractivity contribution in [3.63, 3.8) is 0 Å². The van der Waals surface area contributed by atoms with Crippen LogP contribution in [-0.2, 0) is 4.74 Å². The molecular formula is C7H15NO. The lowest BCUT2D eigenvalue weighted by Crippen LogP contribution is -2.25. The van der Waals surface area contributed by atoms with Gasteiger partial charge in [0.15, 0.2) is 0 Å². The Bertz CT molecular complexity index is 86.9. The van der Waals surface area contributed by atoms with Crippen molar-refractivity contribution >= 4 is 0 Å². The second-order valence-electron chi connectivity index (χ2n) is 3.17. The molecule has 1 N–H and O–H groups in total. The molecule has 1 aliphatic rings. The zero-order chi connectivity index (χ0) is 6.74. The average molecular weight is 129 g/mol. The van der Waals surface area contributed by atoms with E-state index >= 15 is 0 Å². The standard InChI is InChI=1S/C7H15NO/c1-7(6-9-2)3-4-8-5-7/h8H,3-6H2,1-2H3/t7-/m1/s1. The SMILES string of the molecule is COC[C@]1(C)CCNC1. The number of hydrogen-bond acceptors (Lipinski definition) is 2. The smallest absolute Gasteiger partial charge is 0.0528 e. The Balaban J connectivity index is 2.32. The van der Waals surface area contributed by atoms with Crippen molar-refractivity contribution in [1.82, 2.24) is 5.32 Å². The van der Waals surface area contributed by atoms with Gasteiger partial charge in [-0.3, -0.25) is 0 Å². The summed E-state index contributed by atoms with van der Waals surface area (Å²) < 4.78 is 5.09. The van der Waals surface area contributed by atoms with Crippen molar-refractivity contribution in [3.05, 3.63) is 0 Å². The quantitative estimate of drug-likeness (QED) is 0.590. The predicted octanol–water partition coefficient (Wildman–Crippen LogP) is 0.632. The molecule has 54 valence electrons. The fourth-order valence-corrected chi connectivity index (χ4v) is 1.34. The Morgan fingerprint density at radius 3 is 2.89 bits per heavy atom. The molecular weight excluding hydrogens is 114 g/mol. The van der Waals surface area contributed by atoms with Gasteiger partial charge in [-0.25, -0.2) is 0 Å². The van der Waals surface area contributed by atoms with Crippen molar-refractivity contribution in [1.29, 1.82) is 0 Å². The topological polar surface area (TPSA) is 21.3 Å². The second kappa shape index (κ2) is 2.67. The van der Waals surface area contributed by atoms with Crippen LogP contribution in [0.5, 0.6) is 0 Å². The molecule has 0 saturated carbocycles. The third-order valence-electron chi connectivity index (χ3n) is 1.95. The molecule has 0 amide bonds. The normalized spacial score (nSPS) is 35.3. The zero-order valence-corrected chi connectivity index (χ0v) is 6.24. The minimum absolute atomic E-state index is 0.411. The first-order valence-corrected chi connectivity index (χ1v) is 3.46. The minimum atomic E-state index is 0.411. The molecule has 0 unspecified atom stereocenters. The van der Waals surface area contributed by atoms with Crippen LogP contribution < -0.4 is 5.32 Å². The Morgan fingerprint density at radius 1 is 1.67 bits per heavy atom. The fourth-order valence-electron chi connectivity index (χ4n) is 1.34. The first kappa shape index (κ1) is 7.03. The Morgan fingerprint density at radius 2 is 2.44 bits per heavy atom. The first-order chi connectivity index (χ1) is 4.27. The highest BCUT2D eigenvalue weighted by molar-refractivity contribution is 4.82. The predicted molar refractivity (Wildman–Crippen MR) is 37.5 cm³/mol. The molecule has 2 nitrogen and oxygen atoms in total. The van der Waals surface area contributed by atoms with Crippen molar-refractivity contribution in [2.45, 2.75) is 13.3 Å². The maximum absolute atomic E-state index is 5.09. The Kier molecular flexibility index (Phi) is 2.09. The largest absolute Gasteiger partial charge is 0.384 e. The summed E-state index contributed by atoms with van der Waals surface area (Å²) in [5.74, 6) is 0. The summed E-state index contributed by atoms with van der Waals surface area (Å²) in [6, 6.07) is 0. The molecule has 1 saturated heterocycles. The van der Waals surface area contributed by atoms with Crippen molar-refractivity contribution in [2.75, 3.05) is 26.8 Å². The van der Waals surface area contributed by atoms with E-state index in [0.29, 0.717) is 5.41 Å². The molecule has 1 fully saturated rings. The lowest BCUT2D eigenvalue weighted by atomic mass is 9.91. The van der Waals surface area contributed by atoms with Crippen LogP contribution in [0.4, 0.5) is 0 Å². The van der Waals surface area contributed by atoms with E-state index in [-0.39, 0.29) is 0 Å². The monoisotopic (exact) mass is 129 g/mol. The van der Waals surface area contributed by atoms with Crippen molar-refractivity contribution in [2.24, 2.45) is 5.41 Å². The van der Waals surface area contributed by atoms with Gasteiger partial charge in [-0.15, -0.1) is 0 Å². The van der Waals surface area contributed by atoms with E-state index in [1.165, 1.54) is 6.42 Å². The van der Waals surface area contributed by atoms with E-state index in [0.717, 1.165) is 19.7 Å². The van der Waals surface area contributed by atoms with Gasteiger partial charge >= 0.3 is 0 Å². The molecule has 2 heteroatoms. The number of hydrogen-bond donors (Lipinski definition) is 1. The molecule has 0 radical (unpaired) electrons. The average Bonchev–Trinajstić information content (AvgIpc) is 2.16. The number of ether oxygens (including phenoxy) is 1. The third kappa shape index (κ3) is 1.66. The molecule has 1 heterocycles. The third-order valence-corrected chi connectivity index (χ3v) is 1.95. The van der Waals surface area contributed by atoms with Crippen LogP contribution in [-0.4, -0.2) is 26.8 Å². The summed E-state index contributed by atoms with van der Waals surface area (Å²) in [5, 5.41) is 3.32. The molecule has 0 bridgehead atoms. The van der Waals surface area contributed by atoms with Gasteiger partial charge < -0.3 is 10.1 Å². The van der Waals surface area contributed by atoms with Crippen molar-refractivity contribution in [3.8, 4) is 0 Å². The van der Waals surface area contributed by atoms with Gasteiger partial charge in [0.1, 0.15) is 0 Å². The van der Waals surface area contributed by atoms with Gasteiger partial charge in [0, 0.05) is 19.1 Å².